The molecule has 0 amide bonds. The monoisotopic (exact) mass is 871 g/mol. The molecule has 324 valence electrons. The van der Waals surface area contributed by atoms with Crippen LogP contribution in [0.5, 0.6) is 0 Å². The number of hydrogen-bond donors (Lipinski definition) is 0. The highest BCUT2D eigenvalue weighted by Crippen LogP contribution is 2.80. The van der Waals surface area contributed by atoms with Crippen LogP contribution in [0.25, 0.3) is 44.2 Å². The summed E-state index contributed by atoms with van der Waals surface area (Å²) in [5.41, 5.74) is 13.0. The lowest BCUT2D eigenvalue weighted by Gasteiger charge is -2.51. The van der Waals surface area contributed by atoms with E-state index in [9.17, 15) is 0 Å². The fraction of sp³-hybridized carbons (Fsp3) is 0.188. The van der Waals surface area contributed by atoms with Crippen molar-refractivity contribution in [2.45, 2.75) is 77.4 Å². The van der Waals surface area contributed by atoms with Gasteiger partial charge in [-0.25, -0.2) is 0 Å². The molecule has 0 aromatic heterocycles. The second-order valence-electron chi connectivity index (χ2n) is 19.5. The summed E-state index contributed by atoms with van der Waals surface area (Å²) in [6.45, 7) is 4.92. The van der Waals surface area contributed by atoms with E-state index in [0.29, 0.717) is 0 Å². The molecule has 66 heavy (non-hydrogen) atoms. The molecule has 2 saturated carbocycles. The third kappa shape index (κ3) is 6.75. The van der Waals surface area contributed by atoms with Crippen LogP contribution in [0.1, 0.15) is 57.9 Å². The highest BCUT2D eigenvalue weighted by Gasteiger charge is 2.46. The van der Waals surface area contributed by atoms with Gasteiger partial charge < -0.3 is 4.90 Å². The van der Waals surface area contributed by atoms with E-state index >= 15 is 0 Å². The molecule has 12 rings (SSSR count). The summed E-state index contributed by atoms with van der Waals surface area (Å²) in [7, 11) is -1.82. The summed E-state index contributed by atoms with van der Waals surface area (Å²) in [5, 5.41) is 2.54. The number of hydrogen-bond acceptors (Lipinski definition) is 1. The lowest BCUT2D eigenvalue weighted by atomic mass is 9.54. The van der Waals surface area contributed by atoms with Crippen molar-refractivity contribution in [3.05, 3.63) is 224 Å². The van der Waals surface area contributed by atoms with Crippen molar-refractivity contribution in [3.63, 3.8) is 0 Å². The van der Waals surface area contributed by atoms with Crippen LogP contribution in [-0.2, 0) is 5.41 Å². The van der Waals surface area contributed by atoms with E-state index in [-0.39, 0.29) is 5.41 Å². The highest BCUT2D eigenvalue weighted by molar-refractivity contribution is 8.34. The van der Waals surface area contributed by atoms with Gasteiger partial charge in [-0.2, -0.15) is 0 Å². The molecule has 3 aliphatic rings. The van der Waals surface area contributed by atoms with Crippen molar-refractivity contribution >= 4 is 37.9 Å². The molecular formula is C64H57NS. The van der Waals surface area contributed by atoms with Crippen LogP contribution < -0.4 is 4.90 Å². The van der Waals surface area contributed by atoms with Gasteiger partial charge in [-0.15, -0.1) is 10.0 Å². The SMILES string of the molecule is CCC1CC2CC(C)CC(c3ccc(N(c4ccc(-c5cccc6cccc(-c7ccccc7)c56)cc4)c4ccc5c(c4)S(c4ccccc4)(c4ccccc4)c4ccccc4-5)cc3)(C1)C2. The molecule has 9 aromatic carbocycles. The molecule has 2 bridgehead atoms. The van der Waals surface area contributed by atoms with Gasteiger partial charge in [0, 0.05) is 36.6 Å². The predicted molar refractivity (Wildman–Crippen MR) is 280 cm³/mol. The number of nitrogens with zero attached hydrogens (tertiary/aromatic N) is 1. The van der Waals surface area contributed by atoms with Crippen LogP contribution in [-0.4, -0.2) is 0 Å². The Hall–Kier alpha value is -6.61. The van der Waals surface area contributed by atoms with Crippen LogP contribution in [0.3, 0.4) is 0 Å². The van der Waals surface area contributed by atoms with Gasteiger partial charge in [0.05, 0.1) is 0 Å². The second kappa shape index (κ2) is 16.7. The van der Waals surface area contributed by atoms with Gasteiger partial charge in [0.25, 0.3) is 0 Å². The summed E-state index contributed by atoms with van der Waals surface area (Å²) < 4.78 is 0. The maximum absolute atomic E-state index is 2.54. The molecule has 0 radical (unpaired) electrons. The maximum Gasteiger partial charge on any atom is 0.0472 e. The van der Waals surface area contributed by atoms with Crippen molar-refractivity contribution in [3.8, 4) is 33.4 Å². The molecule has 0 saturated heterocycles. The number of anilines is 3. The Morgan fingerprint density at radius 2 is 1.02 bits per heavy atom. The van der Waals surface area contributed by atoms with Gasteiger partial charge >= 0.3 is 0 Å². The molecule has 2 fully saturated rings. The smallest absolute Gasteiger partial charge is 0.0472 e. The fourth-order valence-electron chi connectivity index (χ4n) is 12.9. The Morgan fingerprint density at radius 1 is 0.470 bits per heavy atom. The summed E-state index contributed by atoms with van der Waals surface area (Å²) in [6.07, 6.45) is 8.06. The Labute approximate surface area is 393 Å². The van der Waals surface area contributed by atoms with Crippen LogP contribution in [0.15, 0.2) is 238 Å². The number of rotatable bonds is 9. The number of fused-ring (bicyclic) bond motifs is 6. The molecular weight excluding hydrogens is 815 g/mol. The average molecular weight is 872 g/mol. The summed E-state index contributed by atoms with van der Waals surface area (Å²) in [6, 6.07) is 82.7. The van der Waals surface area contributed by atoms with E-state index in [1.807, 2.05) is 0 Å². The van der Waals surface area contributed by atoms with Crippen LogP contribution in [0, 0.1) is 17.8 Å². The molecule has 4 atom stereocenters. The highest BCUT2D eigenvalue weighted by atomic mass is 32.3. The first-order chi connectivity index (χ1) is 32.5. The van der Waals surface area contributed by atoms with Gasteiger partial charge in [0.2, 0.25) is 0 Å². The summed E-state index contributed by atoms with van der Waals surface area (Å²) in [4.78, 5) is 8.06. The summed E-state index contributed by atoms with van der Waals surface area (Å²) in [5.74, 6) is 2.44. The molecule has 4 unspecified atom stereocenters. The predicted octanol–water partition coefficient (Wildman–Crippen LogP) is 18.5. The quantitative estimate of drug-likeness (QED) is 0.140. The third-order valence-electron chi connectivity index (χ3n) is 15.5. The van der Waals surface area contributed by atoms with Crippen molar-refractivity contribution in [2.24, 2.45) is 17.8 Å². The van der Waals surface area contributed by atoms with Crippen molar-refractivity contribution in [2.75, 3.05) is 4.90 Å². The van der Waals surface area contributed by atoms with E-state index in [1.54, 1.807) is 5.56 Å². The normalized spacial score (nSPS) is 20.8. The van der Waals surface area contributed by atoms with Crippen LogP contribution in [0.4, 0.5) is 17.1 Å². The largest absolute Gasteiger partial charge is 0.310 e. The minimum absolute atomic E-state index is 0.275. The van der Waals surface area contributed by atoms with Crippen molar-refractivity contribution in [1.82, 2.24) is 0 Å². The second-order valence-corrected chi connectivity index (χ2v) is 22.6. The van der Waals surface area contributed by atoms with Gasteiger partial charge in [-0.3, -0.25) is 0 Å². The maximum atomic E-state index is 2.54. The summed E-state index contributed by atoms with van der Waals surface area (Å²) >= 11 is 0. The first kappa shape index (κ1) is 40.9. The Balaban J connectivity index is 1.03. The van der Waals surface area contributed by atoms with E-state index < -0.39 is 10.0 Å². The van der Waals surface area contributed by atoms with E-state index in [1.165, 1.54) is 114 Å². The van der Waals surface area contributed by atoms with Crippen LogP contribution >= 0.6 is 10.0 Å². The average Bonchev–Trinajstić information content (AvgIpc) is 3.67. The zero-order valence-corrected chi connectivity index (χ0v) is 38.9. The van der Waals surface area contributed by atoms with Gasteiger partial charge in [0.15, 0.2) is 0 Å². The lowest BCUT2D eigenvalue weighted by Crippen LogP contribution is -2.42. The van der Waals surface area contributed by atoms with Crippen LogP contribution in [0.2, 0.25) is 0 Å². The molecule has 1 nitrogen and oxygen atoms in total. The van der Waals surface area contributed by atoms with Crippen molar-refractivity contribution in [1.29, 1.82) is 0 Å². The molecule has 1 aliphatic heterocycles. The fourth-order valence-corrected chi connectivity index (χ4v) is 17.1. The lowest BCUT2D eigenvalue weighted by molar-refractivity contribution is 0.0702. The topological polar surface area (TPSA) is 3.24 Å². The van der Waals surface area contributed by atoms with Gasteiger partial charge in [-0.05, 0) is 172 Å². The Bertz CT molecular complexity index is 3130. The zero-order chi connectivity index (χ0) is 44.2. The molecule has 9 aromatic rings. The first-order valence-electron chi connectivity index (χ1n) is 24.3. The Morgan fingerprint density at radius 3 is 1.67 bits per heavy atom. The Kier molecular flexibility index (Phi) is 10.3. The van der Waals surface area contributed by atoms with Gasteiger partial charge in [-0.1, -0.05) is 172 Å². The molecule has 2 heteroatoms. The molecule has 0 N–H and O–H groups in total. The van der Waals surface area contributed by atoms with E-state index in [0.717, 1.165) is 23.4 Å². The third-order valence-corrected chi connectivity index (χ3v) is 19.5. The molecule has 1 heterocycles. The number of benzene rings is 9. The van der Waals surface area contributed by atoms with Gasteiger partial charge in [0.1, 0.15) is 0 Å². The van der Waals surface area contributed by atoms with E-state index in [4.69, 9.17) is 0 Å². The van der Waals surface area contributed by atoms with E-state index in [2.05, 4.69) is 237 Å². The molecule has 2 aliphatic carbocycles. The minimum Gasteiger partial charge on any atom is -0.310 e. The minimum atomic E-state index is -1.82. The zero-order valence-electron chi connectivity index (χ0n) is 38.1. The standard InChI is InChI=1S/C64H57NS/c1-3-46-40-47-39-45(2)42-64(43-46,44-47)51-31-35-53(36-32-51)65(52-33-29-49(30-34-52)58-27-16-20-50-19-15-26-57(63(50)58)48-17-7-4-8-18-48)54-37-38-60-59-25-13-14-28-61(59)66(62(60)41-54,55-21-9-5-10-22-55)56-23-11-6-12-24-56/h4-38,41,45-47H,3,39-40,42-44H2,1-2H3. The molecule has 0 spiro atoms. The van der Waals surface area contributed by atoms with Crippen molar-refractivity contribution < 1.29 is 0 Å². The first-order valence-corrected chi connectivity index (χ1v) is 25.9.